The molecule has 0 saturated carbocycles. The third kappa shape index (κ3) is 1.74. The summed E-state index contributed by atoms with van der Waals surface area (Å²) in [5, 5.41) is 10.1. The van der Waals surface area contributed by atoms with E-state index in [1.165, 1.54) is 11.2 Å². The fourth-order valence-electron chi connectivity index (χ4n) is 2.50. The van der Waals surface area contributed by atoms with Crippen LogP contribution in [0.3, 0.4) is 0 Å². The first-order chi connectivity index (χ1) is 9.45. The van der Waals surface area contributed by atoms with E-state index in [1.807, 2.05) is 6.92 Å². The molecule has 0 spiro atoms. The van der Waals surface area contributed by atoms with Gasteiger partial charge in [0.15, 0.2) is 0 Å². The minimum Gasteiger partial charge on any atom is -0.442 e. The summed E-state index contributed by atoms with van der Waals surface area (Å²) in [6.07, 6.45) is 1.82. The molecule has 0 radical (unpaired) electrons. The highest BCUT2D eigenvalue weighted by molar-refractivity contribution is 6.06. The second kappa shape index (κ2) is 4.17. The van der Waals surface area contributed by atoms with Gasteiger partial charge in [-0.15, -0.1) is 0 Å². The lowest BCUT2D eigenvalue weighted by molar-refractivity contribution is -0.0826. The Hall–Kier alpha value is -2.15. The molecule has 1 aliphatic heterocycles. The van der Waals surface area contributed by atoms with Crippen LogP contribution in [0.4, 0.5) is 0 Å². The van der Waals surface area contributed by atoms with E-state index in [9.17, 15) is 14.7 Å². The first-order valence-electron chi connectivity index (χ1n) is 6.43. The van der Waals surface area contributed by atoms with Crippen molar-refractivity contribution >= 4 is 17.0 Å². The van der Waals surface area contributed by atoms with Crippen molar-refractivity contribution in [3.8, 4) is 0 Å². The van der Waals surface area contributed by atoms with Crippen LogP contribution in [-0.4, -0.2) is 44.6 Å². The Kier molecular flexibility index (Phi) is 2.68. The fourth-order valence-corrected chi connectivity index (χ4v) is 2.50. The summed E-state index contributed by atoms with van der Waals surface area (Å²) < 4.78 is 5.36. The van der Waals surface area contributed by atoms with Crippen molar-refractivity contribution in [3.05, 3.63) is 28.0 Å². The Labute approximate surface area is 114 Å². The number of carbonyl (C=O) groups excluding carboxylic acids is 1. The Morgan fingerprint density at radius 2 is 2.30 bits per heavy atom. The van der Waals surface area contributed by atoms with Gasteiger partial charge < -0.3 is 19.4 Å². The van der Waals surface area contributed by atoms with Gasteiger partial charge in [-0.05, 0) is 13.3 Å². The summed E-state index contributed by atoms with van der Waals surface area (Å²) in [5.41, 5.74) is -0.830. The van der Waals surface area contributed by atoms with Gasteiger partial charge in [0.25, 0.3) is 11.5 Å². The number of rotatable bonds is 2. The molecular formula is C13H15N3O4. The Morgan fingerprint density at radius 3 is 2.95 bits per heavy atom. The smallest absolute Gasteiger partial charge is 0.262 e. The molecule has 2 aromatic heterocycles. The van der Waals surface area contributed by atoms with E-state index in [0.717, 1.165) is 0 Å². The van der Waals surface area contributed by atoms with Crippen LogP contribution in [0.5, 0.6) is 0 Å². The zero-order chi connectivity index (χ0) is 14.5. The van der Waals surface area contributed by atoms with Crippen LogP contribution in [0.2, 0.25) is 0 Å². The summed E-state index contributed by atoms with van der Waals surface area (Å²) in [6.45, 7) is 4.04. The Morgan fingerprint density at radius 1 is 1.60 bits per heavy atom. The molecule has 1 amide bonds. The second-order valence-electron chi connectivity index (χ2n) is 5.18. The standard InChI is InChI=1S/C13H15N3O4/c1-3-13(19)4-16(5-13)12(18)8-7(2)20-11-9(8)10(17)14-6-15-11/h6,19H,3-5H2,1-2H3,(H,14,15,17). The van der Waals surface area contributed by atoms with Gasteiger partial charge in [-0.1, -0.05) is 6.92 Å². The molecule has 0 aliphatic carbocycles. The number of amides is 1. The van der Waals surface area contributed by atoms with Crippen molar-refractivity contribution in [2.75, 3.05) is 13.1 Å². The second-order valence-corrected chi connectivity index (χ2v) is 5.18. The van der Waals surface area contributed by atoms with Crippen LogP contribution in [-0.2, 0) is 0 Å². The molecule has 7 nitrogen and oxygen atoms in total. The van der Waals surface area contributed by atoms with E-state index in [0.29, 0.717) is 12.2 Å². The van der Waals surface area contributed by atoms with Crippen LogP contribution in [0.1, 0.15) is 29.5 Å². The number of nitrogens with zero attached hydrogens (tertiary/aromatic N) is 2. The summed E-state index contributed by atoms with van der Waals surface area (Å²) in [5.74, 6) is 0.0546. The number of nitrogens with one attached hydrogen (secondary N) is 1. The number of aromatic nitrogens is 2. The number of hydrogen-bond donors (Lipinski definition) is 2. The van der Waals surface area contributed by atoms with E-state index < -0.39 is 11.2 Å². The average molecular weight is 277 g/mol. The summed E-state index contributed by atoms with van der Waals surface area (Å²) in [4.78, 5) is 32.2. The number of aliphatic hydroxyl groups is 1. The molecule has 7 heteroatoms. The first kappa shape index (κ1) is 12.9. The maximum Gasteiger partial charge on any atom is 0.262 e. The van der Waals surface area contributed by atoms with Gasteiger partial charge in [-0.3, -0.25) is 9.59 Å². The lowest BCUT2D eigenvalue weighted by Crippen LogP contribution is -2.63. The van der Waals surface area contributed by atoms with Gasteiger partial charge >= 0.3 is 0 Å². The number of hydrogen-bond acceptors (Lipinski definition) is 5. The van der Waals surface area contributed by atoms with Crippen molar-refractivity contribution in [3.63, 3.8) is 0 Å². The average Bonchev–Trinajstić information content (AvgIpc) is 2.72. The minimum absolute atomic E-state index is 0.154. The zero-order valence-electron chi connectivity index (χ0n) is 11.3. The molecule has 1 fully saturated rings. The van der Waals surface area contributed by atoms with Crippen LogP contribution >= 0.6 is 0 Å². The third-order valence-corrected chi connectivity index (χ3v) is 3.80. The third-order valence-electron chi connectivity index (χ3n) is 3.80. The summed E-state index contributed by atoms with van der Waals surface area (Å²) in [6, 6.07) is 0. The van der Waals surface area contributed by atoms with Crippen molar-refractivity contribution in [2.24, 2.45) is 0 Å². The van der Waals surface area contributed by atoms with Gasteiger partial charge in [-0.2, -0.15) is 0 Å². The highest BCUT2D eigenvalue weighted by Crippen LogP contribution is 2.29. The number of carbonyl (C=O) groups is 1. The molecular weight excluding hydrogens is 262 g/mol. The molecule has 1 saturated heterocycles. The van der Waals surface area contributed by atoms with Gasteiger partial charge in [0.2, 0.25) is 5.71 Å². The molecule has 2 aromatic rings. The first-order valence-corrected chi connectivity index (χ1v) is 6.43. The fraction of sp³-hybridized carbons (Fsp3) is 0.462. The molecule has 0 bridgehead atoms. The number of aryl methyl sites for hydroxylation is 1. The predicted octanol–water partition coefficient (Wildman–Crippen LogP) is 0.421. The number of H-pyrrole nitrogens is 1. The summed E-state index contributed by atoms with van der Waals surface area (Å²) in [7, 11) is 0. The number of aromatic amines is 1. The predicted molar refractivity (Wildman–Crippen MR) is 70.5 cm³/mol. The molecule has 3 heterocycles. The van der Waals surface area contributed by atoms with Crippen molar-refractivity contribution in [1.29, 1.82) is 0 Å². The quantitative estimate of drug-likeness (QED) is 0.828. The van der Waals surface area contributed by atoms with E-state index in [2.05, 4.69) is 9.97 Å². The number of likely N-dealkylation sites (tertiary alicyclic amines) is 1. The molecule has 3 rings (SSSR count). The SMILES string of the molecule is CCC1(O)CN(C(=O)c2c(C)oc3nc[nH]c(=O)c23)C1. The van der Waals surface area contributed by atoms with Gasteiger partial charge in [0.1, 0.15) is 11.1 Å². The molecule has 1 aliphatic rings. The zero-order valence-corrected chi connectivity index (χ0v) is 11.3. The Balaban J connectivity index is 2.01. The van der Waals surface area contributed by atoms with Crippen molar-refractivity contribution in [1.82, 2.24) is 14.9 Å². The van der Waals surface area contributed by atoms with Gasteiger partial charge in [0, 0.05) is 0 Å². The monoisotopic (exact) mass is 277 g/mol. The van der Waals surface area contributed by atoms with E-state index in [1.54, 1.807) is 6.92 Å². The molecule has 2 N–H and O–H groups in total. The van der Waals surface area contributed by atoms with Crippen LogP contribution in [0.25, 0.3) is 11.1 Å². The number of β-amino-alcohol motifs (C(OH)–C–C–N with tert-alkyl or cyclic N) is 1. The normalized spacial score (nSPS) is 17.2. The van der Waals surface area contributed by atoms with E-state index >= 15 is 0 Å². The lowest BCUT2D eigenvalue weighted by atomic mass is 9.90. The van der Waals surface area contributed by atoms with E-state index in [4.69, 9.17) is 4.42 Å². The lowest BCUT2D eigenvalue weighted by Gasteiger charge is -2.46. The highest BCUT2D eigenvalue weighted by atomic mass is 16.3. The van der Waals surface area contributed by atoms with Crippen LogP contribution < -0.4 is 5.56 Å². The largest absolute Gasteiger partial charge is 0.442 e. The van der Waals surface area contributed by atoms with Crippen molar-refractivity contribution < 1.29 is 14.3 Å². The minimum atomic E-state index is -0.812. The molecule has 20 heavy (non-hydrogen) atoms. The maximum absolute atomic E-state index is 12.5. The molecule has 106 valence electrons. The summed E-state index contributed by atoms with van der Waals surface area (Å²) >= 11 is 0. The Bertz CT molecular complexity index is 740. The molecule has 0 atom stereocenters. The van der Waals surface area contributed by atoms with Gasteiger partial charge in [0.05, 0.1) is 30.6 Å². The highest BCUT2D eigenvalue weighted by Gasteiger charge is 2.43. The van der Waals surface area contributed by atoms with Crippen LogP contribution in [0.15, 0.2) is 15.5 Å². The van der Waals surface area contributed by atoms with Crippen molar-refractivity contribution in [2.45, 2.75) is 25.9 Å². The maximum atomic E-state index is 12.5. The van der Waals surface area contributed by atoms with Crippen LogP contribution in [0, 0.1) is 6.92 Å². The number of fused-ring (bicyclic) bond motifs is 1. The molecule has 0 unspecified atom stereocenters. The number of furan rings is 1. The van der Waals surface area contributed by atoms with Gasteiger partial charge in [-0.25, -0.2) is 4.98 Å². The van der Waals surface area contributed by atoms with E-state index in [-0.39, 0.29) is 35.7 Å². The molecule has 0 aromatic carbocycles. The topological polar surface area (TPSA) is 99.4 Å².